The molecule has 0 spiro atoms. The van der Waals surface area contributed by atoms with Crippen LogP contribution in [0.3, 0.4) is 0 Å². The number of hydrogen-bond acceptors (Lipinski definition) is 3. The number of nitrogens with one attached hydrogen (secondary N) is 1. The molecule has 5 heteroatoms. The average molecular weight is 283 g/mol. The number of aromatic nitrogens is 1. The maximum atomic E-state index is 13.4. The van der Waals surface area contributed by atoms with E-state index in [9.17, 15) is 4.39 Å². The molecule has 0 saturated carbocycles. The Kier molecular flexibility index (Phi) is 4.84. The monoisotopic (exact) mass is 282 g/mol. The molecule has 0 unspecified atom stereocenters. The lowest BCUT2D eigenvalue weighted by atomic mass is 10.4. The fourth-order valence-electron chi connectivity index (χ4n) is 1.40. The van der Waals surface area contributed by atoms with Crippen LogP contribution in [0.1, 0.15) is 0 Å². The largest absolute Gasteiger partial charge is 0.367 e. The first-order valence-electron chi connectivity index (χ1n) is 5.48. The van der Waals surface area contributed by atoms with Gasteiger partial charge in [0.15, 0.2) is 11.6 Å². The van der Waals surface area contributed by atoms with Gasteiger partial charge in [0.2, 0.25) is 0 Å². The molecule has 0 bridgehead atoms. The van der Waals surface area contributed by atoms with Crippen LogP contribution in [0.25, 0.3) is 0 Å². The van der Waals surface area contributed by atoms with E-state index in [4.69, 9.17) is 11.6 Å². The predicted molar refractivity (Wildman–Crippen MR) is 74.9 cm³/mol. The van der Waals surface area contributed by atoms with E-state index in [1.54, 1.807) is 11.8 Å². The first-order valence-corrected chi connectivity index (χ1v) is 6.85. The van der Waals surface area contributed by atoms with Crippen LogP contribution in [0, 0.1) is 5.82 Å². The van der Waals surface area contributed by atoms with E-state index < -0.39 is 5.82 Å². The second-order valence-electron chi connectivity index (χ2n) is 3.57. The van der Waals surface area contributed by atoms with Crippen LogP contribution < -0.4 is 5.32 Å². The van der Waals surface area contributed by atoms with Crippen molar-refractivity contribution >= 4 is 29.2 Å². The van der Waals surface area contributed by atoms with Crippen LogP contribution in [0.15, 0.2) is 47.5 Å². The third-order valence-electron chi connectivity index (χ3n) is 2.21. The summed E-state index contributed by atoms with van der Waals surface area (Å²) in [7, 11) is 0. The molecule has 0 aliphatic heterocycles. The molecule has 2 rings (SSSR count). The molecule has 1 N–H and O–H groups in total. The molecule has 1 heterocycles. The predicted octanol–water partition coefficient (Wildman–Crippen LogP) is 4.08. The van der Waals surface area contributed by atoms with Crippen LogP contribution in [-0.2, 0) is 0 Å². The van der Waals surface area contributed by atoms with Crippen molar-refractivity contribution in [2.45, 2.75) is 4.90 Å². The Morgan fingerprint density at radius 1 is 1.28 bits per heavy atom. The molecule has 1 aromatic heterocycles. The first kappa shape index (κ1) is 13.2. The van der Waals surface area contributed by atoms with Gasteiger partial charge in [-0.05, 0) is 18.2 Å². The summed E-state index contributed by atoms with van der Waals surface area (Å²) in [4.78, 5) is 5.09. The molecule has 0 aliphatic rings. The number of nitrogens with zero attached hydrogens (tertiary/aromatic N) is 1. The number of hydrogen-bond donors (Lipinski definition) is 1. The van der Waals surface area contributed by atoms with Gasteiger partial charge < -0.3 is 5.32 Å². The summed E-state index contributed by atoms with van der Waals surface area (Å²) in [6, 6.07) is 11.3. The van der Waals surface area contributed by atoms with Gasteiger partial charge in [-0.25, -0.2) is 9.37 Å². The number of halogens is 2. The third-order valence-corrected chi connectivity index (χ3v) is 3.43. The second-order valence-corrected chi connectivity index (χ2v) is 5.18. The van der Waals surface area contributed by atoms with Gasteiger partial charge in [-0.3, -0.25) is 0 Å². The minimum Gasteiger partial charge on any atom is -0.367 e. The number of thioether (sulfide) groups is 1. The lowest BCUT2D eigenvalue weighted by Crippen LogP contribution is -2.07. The average Bonchev–Trinajstić information content (AvgIpc) is 2.38. The lowest BCUT2D eigenvalue weighted by Gasteiger charge is -2.06. The Labute approximate surface area is 115 Å². The summed E-state index contributed by atoms with van der Waals surface area (Å²) in [5.41, 5.74) is 0. The van der Waals surface area contributed by atoms with Gasteiger partial charge in [0.25, 0.3) is 0 Å². The van der Waals surface area contributed by atoms with Crippen molar-refractivity contribution < 1.29 is 4.39 Å². The summed E-state index contributed by atoms with van der Waals surface area (Å²) in [6.07, 6.45) is 1.43. The van der Waals surface area contributed by atoms with Crippen LogP contribution in [0.2, 0.25) is 5.02 Å². The zero-order valence-electron chi connectivity index (χ0n) is 9.57. The zero-order chi connectivity index (χ0) is 12.8. The van der Waals surface area contributed by atoms with Crippen molar-refractivity contribution in [3.05, 3.63) is 53.4 Å². The number of benzene rings is 1. The summed E-state index contributed by atoms with van der Waals surface area (Å²) < 4.78 is 13.4. The van der Waals surface area contributed by atoms with E-state index in [2.05, 4.69) is 10.3 Å². The molecular formula is C13H12ClFN2S. The third kappa shape index (κ3) is 3.89. The normalized spacial score (nSPS) is 10.3. The van der Waals surface area contributed by atoms with Crippen molar-refractivity contribution in [3.63, 3.8) is 0 Å². The van der Waals surface area contributed by atoms with E-state index in [1.165, 1.54) is 17.2 Å². The van der Waals surface area contributed by atoms with Gasteiger partial charge >= 0.3 is 0 Å². The molecule has 1 aromatic carbocycles. The van der Waals surface area contributed by atoms with E-state index >= 15 is 0 Å². The molecule has 0 aliphatic carbocycles. The number of rotatable bonds is 5. The second kappa shape index (κ2) is 6.61. The quantitative estimate of drug-likeness (QED) is 0.661. The summed E-state index contributed by atoms with van der Waals surface area (Å²) in [6.45, 7) is 0.644. The molecular weight excluding hydrogens is 271 g/mol. The van der Waals surface area contributed by atoms with E-state index in [0.717, 1.165) is 5.75 Å². The molecule has 0 fully saturated rings. The van der Waals surface area contributed by atoms with Gasteiger partial charge in [-0.15, -0.1) is 11.8 Å². The standard InChI is InChI=1S/C13H12ClFN2S/c14-10-8-12(15)13(17-9-10)16-6-7-18-11-4-2-1-3-5-11/h1-5,8-9H,6-7H2,(H,16,17). The number of pyridine rings is 1. The maximum Gasteiger partial charge on any atom is 0.166 e. The van der Waals surface area contributed by atoms with Gasteiger partial charge in [0.1, 0.15) is 0 Å². The molecule has 94 valence electrons. The Hall–Kier alpha value is -1.26. The van der Waals surface area contributed by atoms with Gasteiger partial charge in [-0.1, -0.05) is 29.8 Å². The molecule has 2 aromatic rings. The highest BCUT2D eigenvalue weighted by atomic mass is 35.5. The van der Waals surface area contributed by atoms with E-state index in [0.29, 0.717) is 11.6 Å². The van der Waals surface area contributed by atoms with Crippen molar-refractivity contribution in [1.82, 2.24) is 4.98 Å². The Morgan fingerprint density at radius 2 is 2.06 bits per heavy atom. The first-order chi connectivity index (χ1) is 8.75. The van der Waals surface area contributed by atoms with E-state index in [-0.39, 0.29) is 5.82 Å². The summed E-state index contributed by atoms with van der Waals surface area (Å²) in [5.74, 6) is 0.661. The van der Waals surface area contributed by atoms with Crippen LogP contribution in [0.4, 0.5) is 10.2 Å². The minimum atomic E-state index is -0.424. The minimum absolute atomic E-state index is 0.244. The van der Waals surface area contributed by atoms with Crippen LogP contribution in [0.5, 0.6) is 0 Å². The smallest absolute Gasteiger partial charge is 0.166 e. The maximum absolute atomic E-state index is 13.4. The summed E-state index contributed by atoms with van der Waals surface area (Å²) in [5, 5.41) is 3.25. The van der Waals surface area contributed by atoms with Crippen molar-refractivity contribution in [3.8, 4) is 0 Å². The topological polar surface area (TPSA) is 24.9 Å². The van der Waals surface area contributed by atoms with Crippen molar-refractivity contribution in [1.29, 1.82) is 0 Å². The molecule has 0 atom stereocenters. The highest BCUT2D eigenvalue weighted by molar-refractivity contribution is 7.99. The summed E-state index contributed by atoms with van der Waals surface area (Å²) >= 11 is 7.33. The van der Waals surface area contributed by atoms with Crippen molar-refractivity contribution in [2.75, 3.05) is 17.6 Å². The zero-order valence-corrected chi connectivity index (χ0v) is 11.1. The molecule has 0 radical (unpaired) electrons. The Balaban J connectivity index is 1.79. The fraction of sp³-hybridized carbons (Fsp3) is 0.154. The molecule has 0 amide bonds. The highest BCUT2D eigenvalue weighted by Gasteiger charge is 2.03. The van der Waals surface area contributed by atoms with Gasteiger partial charge in [-0.2, -0.15) is 0 Å². The van der Waals surface area contributed by atoms with Crippen molar-refractivity contribution in [2.24, 2.45) is 0 Å². The Bertz CT molecular complexity index is 508. The van der Waals surface area contributed by atoms with E-state index in [1.807, 2.05) is 30.3 Å². The highest BCUT2D eigenvalue weighted by Crippen LogP contribution is 2.18. The molecule has 0 saturated heterocycles. The van der Waals surface area contributed by atoms with Gasteiger partial charge in [0, 0.05) is 23.4 Å². The molecule has 18 heavy (non-hydrogen) atoms. The van der Waals surface area contributed by atoms with Crippen LogP contribution >= 0.6 is 23.4 Å². The fourth-order valence-corrected chi connectivity index (χ4v) is 2.33. The van der Waals surface area contributed by atoms with Gasteiger partial charge in [0.05, 0.1) is 5.02 Å². The van der Waals surface area contributed by atoms with Crippen LogP contribution in [-0.4, -0.2) is 17.3 Å². The lowest BCUT2D eigenvalue weighted by molar-refractivity contribution is 0.625. The molecule has 2 nitrogen and oxygen atoms in total. The Morgan fingerprint density at radius 3 is 2.78 bits per heavy atom. The SMILES string of the molecule is Fc1cc(Cl)cnc1NCCSc1ccccc1. The number of anilines is 1.